The fraction of sp³-hybridized carbons (Fsp3) is 0.190. The zero-order chi connectivity index (χ0) is 19.6. The molecule has 8 nitrogen and oxygen atoms in total. The van der Waals surface area contributed by atoms with Crippen molar-refractivity contribution in [2.75, 3.05) is 0 Å². The van der Waals surface area contributed by atoms with Crippen LogP contribution < -0.4 is 0 Å². The molecule has 3 heterocycles. The summed E-state index contributed by atoms with van der Waals surface area (Å²) in [6.07, 6.45) is 3.76. The van der Waals surface area contributed by atoms with Gasteiger partial charge in [0.25, 0.3) is 0 Å². The van der Waals surface area contributed by atoms with Crippen LogP contribution in [0.25, 0.3) is 28.2 Å². The maximum absolute atomic E-state index is 4.61. The Hall–Kier alpha value is -3.81. The second kappa shape index (κ2) is 7.31. The summed E-state index contributed by atoms with van der Waals surface area (Å²) in [6.45, 7) is 2.93. The van der Waals surface area contributed by atoms with Crippen molar-refractivity contribution >= 4 is 5.65 Å². The number of hydrogen-bond donors (Lipinski definition) is 1. The van der Waals surface area contributed by atoms with E-state index in [-0.39, 0.29) is 0 Å². The molecule has 0 aliphatic carbocycles. The Balaban J connectivity index is 1.47. The minimum Gasteiger partial charge on any atom is -0.307 e. The number of rotatable bonds is 6. The molecular weight excluding hydrogens is 364 g/mol. The Morgan fingerprint density at radius 2 is 1.79 bits per heavy atom. The van der Waals surface area contributed by atoms with Gasteiger partial charge in [-0.15, -0.1) is 14.8 Å². The second-order valence-corrected chi connectivity index (χ2v) is 6.92. The highest BCUT2D eigenvalue weighted by Crippen LogP contribution is 2.29. The van der Waals surface area contributed by atoms with Crippen LogP contribution in [0.15, 0.2) is 60.8 Å². The van der Waals surface area contributed by atoms with E-state index in [1.807, 2.05) is 24.3 Å². The Morgan fingerprint density at radius 1 is 0.966 bits per heavy atom. The second-order valence-electron chi connectivity index (χ2n) is 6.92. The molecule has 0 bridgehead atoms. The van der Waals surface area contributed by atoms with Crippen molar-refractivity contribution in [3.63, 3.8) is 0 Å². The van der Waals surface area contributed by atoms with E-state index in [1.165, 1.54) is 5.56 Å². The van der Waals surface area contributed by atoms with Crippen LogP contribution in [0.1, 0.15) is 24.7 Å². The Kier molecular flexibility index (Phi) is 4.36. The molecule has 0 aliphatic rings. The maximum atomic E-state index is 4.61. The van der Waals surface area contributed by atoms with Crippen LogP contribution in [-0.2, 0) is 13.0 Å². The van der Waals surface area contributed by atoms with Gasteiger partial charge < -0.3 is 4.57 Å². The normalized spacial score (nSPS) is 11.3. The molecule has 0 saturated heterocycles. The van der Waals surface area contributed by atoms with Gasteiger partial charge in [0.05, 0.1) is 12.7 Å². The smallest absolute Gasteiger partial charge is 0.180 e. The molecule has 0 amide bonds. The summed E-state index contributed by atoms with van der Waals surface area (Å²) in [5.41, 5.74) is 5.41. The predicted molar refractivity (Wildman–Crippen MR) is 109 cm³/mol. The van der Waals surface area contributed by atoms with Gasteiger partial charge in [-0.3, -0.25) is 0 Å². The van der Waals surface area contributed by atoms with Crippen LogP contribution in [-0.4, -0.2) is 40.0 Å². The van der Waals surface area contributed by atoms with Gasteiger partial charge in [0.2, 0.25) is 0 Å². The van der Waals surface area contributed by atoms with Crippen LogP contribution in [0.3, 0.4) is 0 Å². The van der Waals surface area contributed by atoms with Crippen molar-refractivity contribution in [1.29, 1.82) is 0 Å². The number of hydrogen-bond acceptors (Lipinski definition) is 5. The van der Waals surface area contributed by atoms with E-state index < -0.39 is 0 Å². The lowest BCUT2D eigenvalue weighted by molar-refractivity contribution is 0.708. The number of tetrazole rings is 1. The first-order valence-corrected chi connectivity index (χ1v) is 9.65. The maximum Gasteiger partial charge on any atom is 0.180 e. The largest absolute Gasteiger partial charge is 0.307 e. The SMILES string of the molecule is CCCc1nn2nccc2n1Cc1ccc(-c2ccccc2-c2nnn[nH]2)cc1. The predicted octanol–water partition coefficient (Wildman–Crippen LogP) is 3.38. The highest BCUT2D eigenvalue weighted by atomic mass is 15.5. The van der Waals surface area contributed by atoms with Gasteiger partial charge in [0, 0.05) is 18.1 Å². The molecule has 2 aromatic carbocycles. The summed E-state index contributed by atoms with van der Waals surface area (Å²) in [4.78, 5) is 0. The standard InChI is InChI=1S/C21H20N8/c1-2-5-19-25-29-20(12-13-22-29)28(19)14-15-8-10-16(11-9-15)17-6-3-4-7-18(17)21-23-26-27-24-21/h3-4,6-13H,2,5,14H2,1H3,(H,23,24,26,27). The van der Waals surface area contributed by atoms with Crippen molar-refractivity contribution < 1.29 is 0 Å². The molecule has 5 rings (SSSR count). The van der Waals surface area contributed by atoms with Crippen molar-refractivity contribution in [2.45, 2.75) is 26.3 Å². The zero-order valence-corrected chi connectivity index (χ0v) is 16.0. The van der Waals surface area contributed by atoms with Gasteiger partial charge in [-0.1, -0.05) is 55.5 Å². The molecule has 0 atom stereocenters. The highest BCUT2D eigenvalue weighted by molar-refractivity contribution is 5.80. The number of benzene rings is 2. The highest BCUT2D eigenvalue weighted by Gasteiger charge is 2.13. The third kappa shape index (κ3) is 3.18. The number of aryl methyl sites for hydroxylation is 1. The first-order chi connectivity index (χ1) is 14.3. The van der Waals surface area contributed by atoms with Gasteiger partial charge in [-0.05, 0) is 33.5 Å². The molecule has 29 heavy (non-hydrogen) atoms. The number of fused-ring (bicyclic) bond motifs is 1. The first-order valence-electron chi connectivity index (χ1n) is 9.65. The molecular formula is C21H20N8. The van der Waals surface area contributed by atoms with E-state index in [0.717, 1.165) is 47.5 Å². The van der Waals surface area contributed by atoms with E-state index in [1.54, 1.807) is 10.8 Å². The number of nitrogens with zero attached hydrogens (tertiary/aromatic N) is 7. The third-order valence-electron chi connectivity index (χ3n) is 5.01. The first kappa shape index (κ1) is 17.3. The molecule has 5 aromatic rings. The van der Waals surface area contributed by atoms with Crippen LogP contribution in [0.2, 0.25) is 0 Å². The topological polar surface area (TPSA) is 89.6 Å². The summed E-state index contributed by atoms with van der Waals surface area (Å²) in [5.74, 6) is 1.72. The summed E-state index contributed by atoms with van der Waals surface area (Å²) in [6, 6.07) is 18.7. The fourth-order valence-electron chi connectivity index (χ4n) is 3.63. The van der Waals surface area contributed by atoms with E-state index >= 15 is 0 Å². The van der Waals surface area contributed by atoms with Gasteiger partial charge in [0.15, 0.2) is 11.5 Å². The summed E-state index contributed by atoms with van der Waals surface area (Å²) < 4.78 is 3.95. The average molecular weight is 384 g/mol. The minimum absolute atomic E-state index is 0.662. The third-order valence-corrected chi connectivity index (χ3v) is 5.01. The van der Waals surface area contributed by atoms with E-state index in [0.29, 0.717) is 5.82 Å². The van der Waals surface area contributed by atoms with Crippen LogP contribution in [0.5, 0.6) is 0 Å². The lowest BCUT2D eigenvalue weighted by Gasteiger charge is -2.10. The van der Waals surface area contributed by atoms with Gasteiger partial charge in [-0.25, -0.2) is 5.10 Å². The van der Waals surface area contributed by atoms with Gasteiger partial charge in [0.1, 0.15) is 5.82 Å². The quantitative estimate of drug-likeness (QED) is 0.485. The van der Waals surface area contributed by atoms with Crippen molar-refractivity contribution in [3.05, 3.63) is 72.2 Å². The molecule has 0 saturated carbocycles. The molecule has 8 heteroatoms. The van der Waals surface area contributed by atoms with E-state index in [9.17, 15) is 0 Å². The fourth-order valence-corrected chi connectivity index (χ4v) is 3.63. The van der Waals surface area contributed by atoms with Gasteiger partial charge >= 0.3 is 0 Å². The Labute approximate surface area is 167 Å². The molecule has 0 aliphatic heterocycles. The van der Waals surface area contributed by atoms with Crippen molar-refractivity contribution in [2.24, 2.45) is 0 Å². The van der Waals surface area contributed by atoms with Crippen LogP contribution in [0, 0.1) is 0 Å². The summed E-state index contributed by atoms with van der Waals surface area (Å²) in [7, 11) is 0. The lowest BCUT2D eigenvalue weighted by Crippen LogP contribution is -2.05. The molecule has 0 unspecified atom stereocenters. The number of H-pyrrole nitrogens is 1. The molecule has 3 aromatic heterocycles. The van der Waals surface area contributed by atoms with Crippen molar-refractivity contribution in [1.82, 2.24) is 40.0 Å². The number of aromatic amines is 1. The molecule has 1 N–H and O–H groups in total. The van der Waals surface area contributed by atoms with E-state index in [4.69, 9.17) is 0 Å². The lowest BCUT2D eigenvalue weighted by atomic mass is 9.98. The van der Waals surface area contributed by atoms with Gasteiger partial charge in [-0.2, -0.15) is 5.10 Å². The molecule has 144 valence electrons. The summed E-state index contributed by atoms with van der Waals surface area (Å²) >= 11 is 0. The van der Waals surface area contributed by atoms with Crippen LogP contribution >= 0.6 is 0 Å². The van der Waals surface area contributed by atoms with Crippen LogP contribution in [0.4, 0.5) is 0 Å². The Bertz CT molecular complexity index is 1230. The average Bonchev–Trinajstić information content (AvgIpc) is 3.49. The number of nitrogens with one attached hydrogen (secondary N) is 1. The number of aromatic nitrogens is 8. The monoisotopic (exact) mass is 384 g/mol. The molecule has 0 spiro atoms. The summed E-state index contributed by atoms with van der Waals surface area (Å²) in [5, 5.41) is 23.2. The molecule has 0 radical (unpaired) electrons. The molecule has 0 fully saturated rings. The van der Waals surface area contributed by atoms with E-state index in [2.05, 4.69) is 72.6 Å². The minimum atomic E-state index is 0.662. The Morgan fingerprint density at radius 3 is 2.55 bits per heavy atom. The van der Waals surface area contributed by atoms with Crippen molar-refractivity contribution in [3.8, 4) is 22.5 Å². The zero-order valence-electron chi connectivity index (χ0n) is 16.0.